The van der Waals surface area contributed by atoms with Gasteiger partial charge in [0.05, 0.1) is 7.11 Å². The lowest BCUT2D eigenvalue weighted by atomic mass is 9.93. The van der Waals surface area contributed by atoms with Crippen molar-refractivity contribution in [3.63, 3.8) is 0 Å². The third kappa shape index (κ3) is 7.64. The molecule has 0 spiro atoms. The van der Waals surface area contributed by atoms with Gasteiger partial charge in [-0.05, 0) is 60.6 Å². The molecule has 0 aromatic heterocycles. The van der Waals surface area contributed by atoms with E-state index >= 15 is 0 Å². The van der Waals surface area contributed by atoms with Crippen LogP contribution < -0.4 is 19.9 Å². The summed E-state index contributed by atoms with van der Waals surface area (Å²) in [6.45, 7) is 4.60. The molecule has 2 amide bonds. The smallest absolute Gasteiger partial charge is 0.261 e. The van der Waals surface area contributed by atoms with Crippen LogP contribution in [0.15, 0.2) is 42.5 Å². The molecule has 0 unspecified atom stereocenters. The number of carbonyl (C=O) groups excluding carboxylic acids is 2. The summed E-state index contributed by atoms with van der Waals surface area (Å²) in [4.78, 5) is 26.3. The molecule has 1 saturated carbocycles. The second kappa shape index (κ2) is 13.0. The molecular formula is C28H38N2O5. The number of ether oxygens (including phenoxy) is 3. The Bertz CT molecular complexity index is 970. The minimum absolute atomic E-state index is 0.00385. The number of amides is 2. The zero-order valence-corrected chi connectivity index (χ0v) is 21.1. The quantitative estimate of drug-likeness (QED) is 0.469. The molecule has 0 bridgehead atoms. The van der Waals surface area contributed by atoms with E-state index in [-0.39, 0.29) is 25.2 Å². The zero-order chi connectivity index (χ0) is 25.2. The van der Waals surface area contributed by atoms with E-state index in [1.165, 1.54) is 12.0 Å². The molecule has 35 heavy (non-hydrogen) atoms. The van der Waals surface area contributed by atoms with Gasteiger partial charge in [-0.1, -0.05) is 51.3 Å². The highest BCUT2D eigenvalue weighted by molar-refractivity contribution is 5.78. The fraction of sp³-hybridized carbons (Fsp3) is 0.500. The Labute approximate surface area is 208 Å². The molecule has 7 nitrogen and oxygen atoms in total. The molecule has 1 atom stereocenters. The third-order valence-corrected chi connectivity index (χ3v) is 6.71. The Morgan fingerprint density at radius 2 is 1.71 bits per heavy atom. The number of rotatable bonds is 12. The van der Waals surface area contributed by atoms with Gasteiger partial charge in [-0.25, -0.2) is 0 Å². The predicted molar refractivity (Wildman–Crippen MR) is 136 cm³/mol. The maximum absolute atomic E-state index is 13.3. The standard InChI is InChI=1S/C28H38N2O5/c1-4-20(2)22-11-13-24(14-12-22)34-19-28(32)30(23-8-6-5-7-9-23)17-21-10-15-25(26(16-21)33-3)35-18-27(29)31/h10-16,20,23H,4-9,17-19H2,1-3H3,(H2,29,31)/t20-/m0/s1. The van der Waals surface area contributed by atoms with Crippen LogP contribution >= 0.6 is 0 Å². The van der Waals surface area contributed by atoms with Gasteiger partial charge < -0.3 is 24.8 Å². The van der Waals surface area contributed by atoms with Gasteiger partial charge in [0.1, 0.15) is 5.75 Å². The number of nitrogens with zero attached hydrogens (tertiary/aromatic N) is 1. The average Bonchev–Trinajstić information content (AvgIpc) is 2.89. The highest BCUT2D eigenvalue weighted by atomic mass is 16.5. The highest BCUT2D eigenvalue weighted by Crippen LogP contribution is 2.30. The molecular weight excluding hydrogens is 444 g/mol. The van der Waals surface area contributed by atoms with Crippen LogP contribution in [-0.2, 0) is 16.1 Å². The van der Waals surface area contributed by atoms with Crippen LogP contribution in [-0.4, -0.2) is 43.1 Å². The van der Waals surface area contributed by atoms with Crippen LogP contribution in [0.3, 0.4) is 0 Å². The summed E-state index contributed by atoms with van der Waals surface area (Å²) in [5, 5.41) is 0. The highest BCUT2D eigenvalue weighted by Gasteiger charge is 2.26. The zero-order valence-electron chi connectivity index (χ0n) is 21.1. The Morgan fingerprint density at radius 3 is 2.34 bits per heavy atom. The van der Waals surface area contributed by atoms with Gasteiger partial charge in [0.15, 0.2) is 24.7 Å². The van der Waals surface area contributed by atoms with E-state index < -0.39 is 5.91 Å². The summed E-state index contributed by atoms with van der Waals surface area (Å²) in [5.74, 6) is 1.55. The number of primary amides is 1. The van der Waals surface area contributed by atoms with Crippen molar-refractivity contribution in [3.8, 4) is 17.2 Å². The molecule has 0 heterocycles. The molecule has 3 rings (SSSR count). The first-order chi connectivity index (χ1) is 16.9. The molecule has 0 saturated heterocycles. The van der Waals surface area contributed by atoms with Gasteiger partial charge in [-0.15, -0.1) is 0 Å². The SMILES string of the molecule is CC[C@H](C)c1ccc(OCC(=O)N(Cc2ccc(OCC(N)=O)c(OC)c2)C2CCCCC2)cc1. The Kier molecular flexibility index (Phi) is 9.82. The number of hydrogen-bond acceptors (Lipinski definition) is 5. The normalized spacial score (nSPS) is 14.7. The molecule has 7 heteroatoms. The molecule has 0 radical (unpaired) electrons. The monoisotopic (exact) mass is 482 g/mol. The molecule has 2 aromatic rings. The van der Waals surface area contributed by atoms with Gasteiger partial charge in [0, 0.05) is 12.6 Å². The van der Waals surface area contributed by atoms with E-state index in [2.05, 4.69) is 26.0 Å². The first-order valence-electron chi connectivity index (χ1n) is 12.5. The number of carbonyl (C=O) groups is 2. The Hall–Kier alpha value is -3.22. The third-order valence-electron chi connectivity index (χ3n) is 6.71. The van der Waals surface area contributed by atoms with Crippen LogP contribution in [0.25, 0.3) is 0 Å². The number of nitrogens with two attached hydrogens (primary N) is 1. The molecule has 190 valence electrons. The molecule has 1 aliphatic carbocycles. The van der Waals surface area contributed by atoms with Gasteiger partial charge in [-0.3, -0.25) is 9.59 Å². The topological polar surface area (TPSA) is 91.1 Å². The molecule has 1 fully saturated rings. The first kappa shape index (κ1) is 26.4. The van der Waals surface area contributed by atoms with E-state index in [0.29, 0.717) is 29.7 Å². The minimum Gasteiger partial charge on any atom is -0.493 e. The van der Waals surface area contributed by atoms with Crippen LogP contribution in [0.4, 0.5) is 0 Å². The van der Waals surface area contributed by atoms with Crippen molar-refractivity contribution in [1.29, 1.82) is 0 Å². The van der Waals surface area contributed by atoms with E-state index in [9.17, 15) is 9.59 Å². The number of hydrogen-bond donors (Lipinski definition) is 1. The van der Waals surface area contributed by atoms with E-state index in [0.717, 1.165) is 37.7 Å². The van der Waals surface area contributed by atoms with E-state index in [1.54, 1.807) is 13.2 Å². The van der Waals surface area contributed by atoms with E-state index in [1.807, 2.05) is 29.2 Å². The van der Waals surface area contributed by atoms with Crippen LogP contribution in [0.2, 0.25) is 0 Å². The Balaban J connectivity index is 1.70. The van der Waals surface area contributed by atoms with Crippen molar-refractivity contribution in [2.75, 3.05) is 20.3 Å². The molecule has 2 aromatic carbocycles. The van der Waals surface area contributed by atoms with Crippen molar-refractivity contribution in [2.24, 2.45) is 5.73 Å². The summed E-state index contributed by atoms with van der Waals surface area (Å²) in [5.41, 5.74) is 7.37. The van der Waals surface area contributed by atoms with Gasteiger partial charge >= 0.3 is 0 Å². The molecule has 0 aliphatic heterocycles. The van der Waals surface area contributed by atoms with Gasteiger partial charge in [0.2, 0.25) is 0 Å². The summed E-state index contributed by atoms with van der Waals surface area (Å²) in [7, 11) is 1.54. The fourth-order valence-electron chi connectivity index (χ4n) is 4.45. The lowest BCUT2D eigenvalue weighted by Gasteiger charge is -2.34. The van der Waals surface area contributed by atoms with Crippen molar-refractivity contribution >= 4 is 11.8 Å². The van der Waals surface area contributed by atoms with Crippen LogP contribution in [0.5, 0.6) is 17.2 Å². The van der Waals surface area contributed by atoms with Crippen LogP contribution in [0.1, 0.15) is 69.4 Å². The van der Waals surface area contributed by atoms with Crippen molar-refractivity contribution < 1.29 is 23.8 Å². The Morgan fingerprint density at radius 1 is 1.00 bits per heavy atom. The largest absolute Gasteiger partial charge is 0.493 e. The van der Waals surface area contributed by atoms with Crippen molar-refractivity contribution in [2.45, 2.75) is 70.9 Å². The summed E-state index contributed by atoms with van der Waals surface area (Å²) in [6, 6.07) is 13.7. The fourth-order valence-corrected chi connectivity index (χ4v) is 4.45. The van der Waals surface area contributed by atoms with Crippen molar-refractivity contribution in [3.05, 3.63) is 53.6 Å². The van der Waals surface area contributed by atoms with Crippen molar-refractivity contribution in [1.82, 2.24) is 4.90 Å². The second-order valence-corrected chi connectivity index (χ2v) is 9.22. The summed E-state index contributed by atoms with van der Waals surface area (Å²) < 4.78 is 16.8. The second-order valence-electron chi connectivity index (χ2n) is 9.22. The maximum atomic E-state index is 13.3. The summed E-state index contributed by atoms with van der Waals surface area (Å²) >= 11 is 0. The molecule has 2 N–H and O–H groups in total. The van der Waals surface area contributed by atoms with Gasteiger partial charge in [0.25, 0.3) is 11.8 Å². The van der Waals surface area contributed by atoms with E-state index in [4.69, 9.17) is 19.9 Å². The lowest BCUT2D eigenvalue weighted by molar-refractivity contribution is -0.137. The first-order valence-corrected chi connectivity index (χ1v) is 12.5. The number of benzene rings is 2. The summed E-state index contributed by atoms with van der Waals surface area (Å²) in [6.07, 6.45) is 6.51. The van der Waals surface area contributed by atoms with Gasteiger partial charge in [-0.2, -0.15) is 0 Å². The lowest BCUT2D eigenvalue weighted by Crippen LogP contribution is -2.43. The average molecular weight is 483 g/mol. The maximum Gasteiger partial charge on any atom is 0.261 e. The minimum atomic E-state index is -0.556. The molecule has 1 aliphatic rings. The van der Waals surface area contributed by atoms with Crippen LogP contribution in [0, 0.1) is 0 Å². The number of methoxy groups -OCH3 is 1. The predicted octanol–water partition coefficient (Wildman–Crippen LogP) is 4.81.